The van der Waals surface area contributed by atoms with Crippen LogP contribution in [0.15, 0.2) is 59.5 Å². The highest BCUT2D eigenvalue weighted by Crippen LogP contribution is 2.38. The number of halogens is 1. The van der Waals surface area contributed by atoms with Crippen molar-refractivity contribution in [1.82, 2.24) is 4.90 Å². The molecule has 0 atom stereocenters. The summed E-state index contributed by atoms with van der Waals surface area (Å²) in [5, 5.41) is 3.53. The van der Waals surface area contributed by atoms with Crippen LogP contribution in [-0.2, 0) is 29.0 Å². The zero-order valence-corrected chi connectivity index (χ0v) is 20.6. The second kappa shape index (κ2) is 11.6. The minimum absolute atomic E-state index is 0.121. The Morgan fingerprint density at radius 1 is 1.15 bits per heavy atom. The summed E-state index contributed by atoms with van der Waals surface area (Å²) < 4.78 is 18.0. The van der Waals surface area contributed by atoms with Crippen LogP contribution in [0.3, 0.4) is 0 Å². The summed E-state index contributed by atoms with van der Waals surface area (Å²) in [4.78, 5) is 29.6. The number of esters is 1. The molecule has 2 heterocycles. The highest BCUT2D eigenvalue weighted by Gasteiger charge is 2.29. The number of hydrogen-bond donors (Lipinski definition) is 1. The van der Waals surface area contributed by atoms with Gasteiger partial charge in [0.15, 0.2) is 0 Å². The third-order valence-corrected chi connectivity index (χ3v) is 7.89. The third kappa shape index (κ3) is 6.25. The van der Waals surface area contributed by atoms with E-state index < -0.39 is 5.97 Å². The average Bonchev–Trinajstić information content (AvgIpc) is 3.20. The first-order valence-electron chi connectivity index (χ1n) is 11.2. The number of amides is 1. The van der Waals surface area contributed by atoms with E-state index in [0.29, 0.717) is 23.4 Å². The molecule has 0 saturated heterocycles. The molecule has 0 aliphatic carbocycles. The van der Waals surface area contributed by atoms with Gasteiger partial charge in [-0.1, -0.05) is 30.3 Å². The number of fused-ring (bicyclic) bond motifs is 1. The molecule has 1 aliphatic heterocycles. The van der Waals surface area contributed by atoms with Crippen molar-refractivity contribution < 1.29 is 18.7 Å². The summed E-state index contributed by atoms with van der Waals surface area (Å²) in [5.74, 6) is -0.0362. The van der Waals surface area contributed by atoms with Crippen LogP contribution in [0.1, 0.15) is 39.2 Å². The number of rotatable bonds is 9. The monoisotopic (exact) mass is 498 g/mol. The number of ether oxygens (including phenoxy) is 1. The van der Waals surface area contributed by atoms with Gasteiger partial charge < -0.3 is 10.1 Å². The van der Waals surface area contributed by atoms with Gasteiger partial charge in [-0.25, -0.2) is 9.18 Å². The van der Waals surface area contributed by atoms with E-state index in [9.17, 15) is 14.0 Å². The van der Waals surface area contributed by atoms with Crippen LogP contribution < -0.4 is 5.32 Å². The minimum atomic E-state index is -0.406. The molecule has 0 bridgehead atoms. The van der Waals surface area contributed by atoms with Crippen LogP contribution in [-0.4, -0.2) is 36.2 Å². The first-order chi connectivity index (χ1) is 16.5. The maximum absolute atomic E-state index is 13.0. The molecule has 5 nitrogen and oxygen atoms in total. The number of carbonyl (C=O) groups excluding carboxylic acids is 2. The first-order valence-corrected chi connectivity index (χ1v) is 13.0. The molecule has 1 aromatic heterocycles. The van der Waals surface area contributed by atoms with Crippen molar-refractivity contribution in [2.24, 2.45) is 0 Å². The molecule has 34 heavy (non-hydrogen) atoms. The van der Waals surface area contributed by atoms with E-state index in [1.54, 1.807) is 23.9 Å². The van der Waals surface area contributed by atoms with Gasteiger partial charge >= 0.3 is 5.97 Å². The maximum Gasteiger partial charge on any atom is 0.341 e. The lowest BCUT2D eigenvalue weighted by Crippen LogP contribution is -2.29. The van der Waals surface area contributed by atoms with Gasteiger partial charge in [0.05, 0.1) is 12.7 Å². The van der Waals surface area contributed by atoms with E-state index in [2.05, 4.69) is 22.3 Å². The van der Waals surface area contributed by atoms with Crippen molar-refractivity contribution in [2.75, 3.05) is 24.7 Å². The molecule has 1 N–H and O–H groups in total. The molecular weight excluding hydrogens is 471 g/mol. The lowest BCUT2D eigenvalue weighted by molar-refractivity contribution is -0.116. The second-order valence-electron chi connectivity index (χ2n) is 8.10. The number of thiophene rings is 1. The molecule has 3 aromatic rings. The minimum Gasteiger partial charge on any atom is -0.465 e. The summed E-state index contributed by atoms with van der Waals surface area (Å²) in [7, 11) is 1.37. The zero-order valence-electron chi connectivity index (χ0n) is 19.0. The van der Waals surface area contributed by atoms with Gasteiger partial charge in [-0.05, 0) is 54.0 Å². The van der Waals surface area contributed by atoms with Gasteiger partial charge in [0.1, 0.15) is 10.8 Å². The Labute approximate surface area is 207 Å². The highest BCUT2D eigenvalue weighted by atomic mass is 32.2. The fourth-order valence-electron chi connectivity index (χ4n) is 3.98. The van der Waals surface area contributed by atoms with Crippen LogP contribution in [0.5, 0.6) is 0 Å². The Bertz CT molecular complexity index is 1130. The molecule has 8 heteroatoms. The Balaban J connectivity index is 1.36. The van der Waals surface area contributed by atoms with Gasteiger partial charge in [0.25, 0.3) is 0 Å². The largest absolute Gasteiger partial charge is 0.465 e. The molecule has 0 fully saturated rings. The Kier molecular flexibility index (Phi) is 8.37. The van der Waals surface area contributed by atoms with Crippen LogP contribution in [0, 0.1) is 5.82 Å². The number of carbonyl (C=O) groups is 2. The molecule has 0 spiro atoms. The summed E-state index contributed by atoms with van der Waals surface area (Å²) in [6, 6.07) is 16.7. The topological polar surface area (TPSA) is 58.6 Å². The van der Waals surface area contributed by atoms with Gasteiger partial charge in [-0.15, -0.1) is 23.1 Å². The van der Waals surface area contributed by atoms with E-state index in [-0.39, 0.29) is 11.7 Å². The number of hydrogen-bond acceptors (Lipinski definition) is 6. The lowest BCUT2D eigenvalue weighted by Gasteiger charge is -2.27. The molecule has 1 aliphatic rings. The van der Waals surface area contributed by atoms with E-state index in [1.165, 1.54) is 36.1 Å². The summed E-state index contributed by atoms with van der Waals surface area (Å²) in [6.07, 6.45) is 1.77. The van der Waals surface area contributed by atoms with Crippen molar-refractivity contribution >= 4 is 40.0 Å². The van der Waals surface area contributed by atoms with Crippen LogP contribution in [0.25, 0.3) is 0 Å². The summed E-state index contributed by atoms with van der Waals surface area (Å²) in [5.41, 5.74) is 2.74. The SMILES string of the molecule is COC(=O)c1c(NC(=O)CCCSc2ccc(F)cc2)sc2c1CCN(Cc1ccccc1)C2. The van der Waals surface area contributed by atoms with E-state index >= 15 is 0 Å². The van der Waals surface area contributed by atoms with Crippen molar-refractivity contribution in [2.45, 2.75) is 37.2 Å². The van der Waals surface area contributed by atoms with E-state index in [1.807, 2.05) is 18.2 Å². The van der Waals surface area contributed by atoms with Gasteiger partial charge in [-0.2, -0.15) is 0 Å². The molecule has 0 radical (unpaired) electrons. The normalized spacial score (nSPS) is 13.4. The van der Waals surface area contributed by atoms with Crippen molar-refractivity contribution in [1.29, 1.82) is 0 Å². The lowest BCUT2D eigenvalue weighted by atomic mass is 10.0. The average molecular weight is 499 g/mol. The standard InChI is InChI=1S/C26H27FN2O3S2/c1-32-26(31)24-21-13-14-29(16-18-6-3-2-4-7-18)17-22(21)34-25(24)28-23(30)8-5-15-33-20-11-9-19(27)10-12-20/h2-4,6-7,9-12H,5,8,13-17H2,1H3,(H,28,30). The number of thioether (sulfide) groups is 1. The number of anilines is 1. The van der Waals surface area contributed by atoms with Crippen LogP contribution in [0.4, 0.5) is 9.39 Å². The second-order valence-corrected chi connectivity index (χ2v) is 10.4. The smallest absolute Gasteiger partial charge is 0.341 e. The fourth-order valence-corrected chi connectivity index (χ4v) is 6.13. The van der Waals surface area contributed by atoms with Gasteiger partial charge in [0.2, 0.25) is 5.91 Å². The number of methoxy groups -OCH3 is 1. The predicted octanol–water partition coefficient (Wildman–Crippen LogP) is 5.74. The third-order valence-electron chi connectivity index (χ3n) is 5.66. The van der Waals surface area contributed by atoms with Gasteiger partial charge in [-0.3, -0.25) is 9.69 Å². The Morgan fingerprint density at radius 3 is 2.65 bits per heavy atom. The Morgan fingerprint density at radius 2 is 1.91 bits per heavy atom. The van der Waals surface area contributed by atoms with Crippen molar-refractivity contribution in [3.05, 3.63) is 82.0 Å². The van der Waals surface area contributed by atoms with Crippen molar-refractivity contribution in [3.63, 3.8) is 0 Å². The molecule has 1 amide bonds. The predicted molar refractivity (Wildman–Crippen MR) is 135 cm³/mol. The van der Waals surface area contributed by atoms with Gasteiger partial charge in [0, 0.05) is 35.8 Å². The number of nitrogens with zero attached hydrogens (tertiary/aromatic N) is 1. The summed E-state index contributed by atoms with van der Waals surface area (Å²) >= 11 is 3.06. The molecular formula is C26H27FN2O3S2. The quantitative estimate of drug-likeness (QED) is 0.232. The number of benzene rings is 2. The molecule has 0 saturated carbocycles. The van der Waals surface area contributed by atoms with E-state index in [0.717, 1.165) is 47.1 Å². The maximum atomic E-state index is 13.0. The molecule has 178 valence electrons. The molecule has 2 aromatic carbocycles. The molecule has 4 rings (SSSR count). The number of nitrogens with one attached hydrogen (secondary N) is 1. The first kappa shape index (κ1) is 24.4. The fraction of sp³-hybridized carbons (Fsp3) is 0.308. The molecule has 0 unspecified atom stereocenters. The Hall–Kier alpha value is -2.68. The van der Waals surface area contributed by atoms with E-state index in [4.69, 9.17) is 4.74 Å². The highest BCUT2D eigenvalue weighted by molar-refractivity contribution is 7.99. The zero-order chi connectivity index (χ0) is 23.9. The van der Waals surface area contributed by atoms with Crippen molar-refractivity contribution in [3.8, 4) is 0 Å². The van der Waals surface area contributed by atoms with Crippen LogP contribution >= 0.6 is 23.1 Å². The summed E-state index contributed by atoms with van der Waals surface area (Å²) in [6.45, 7) is 2.43. The van der Waals surface area contributed by atoms with Crippen LogP contribution in [0.2, 0.25) is 0 Å².